The summed E-state index contributed by atoms with van der Waals surface area (Å²) in [5.74, 6) is 0.827. The van der Waals surface area contributed by atoms with Crippen molar-refractivity contribution in [2.75, 3.05) is 19.7 Å². The van der Waals surface area contributed by atoms with E-state index in [0.29, 0.717) is 0 Å². The van der Waals surface area contributed by atoms with Crippen molar-refractivity contribution in [1.82, 2.24) is 4.90 Å². The first-order chi connectivity index (χ1) is 6.40. The lowest BCUT2D eigenvalue weighted by Gasteiger charge is -2.41. The molecular weight excluding hydrogens is 277 g/mol. The number of hydrogen-bond donors (Lipinski definition) is 0. The van der Waals surface area contributed by atoms with Crippen LogP contribution < -0.4 is 0 Å². The number of hydrogen-bond acceptors (Lipinski definition) is 2. The number of piperidine rings is 1. The summed E-state index contributed by atoms with van der Waals surface area (Å²) in [4.78, 5) is 2.69. The number of nitrogens with zero attached hydrogens (tertiary/aromatic N) is 1. The maximum absolute atomic E-state index is 5.17. The highest BCUT2D eigenvalue weighted by Gasteiger charge is 2.28. The standard InChI is InChI=1S/C10H18INO/c11-13-8-9-4-6-12(7-5-9)10-2-1-3-10/h9-10H,1-8H2. The Morgan fingerprint density at radius 3 is 2.31 bits per heavy atom. The summed E-state index contributed by atoms with van der Waals surface area (Å²) in [5, 5.41) is 0. The molecule has 0 aromatic carbocycles. The van der Waals surface area contributed by atoms with Gasteiger partial charge in [-0.1, -0.05) is 6.42 Å². The average molecular weight is 295 g/mol. The zero-order chi connectivity index (χ0) is 9.10. The first kappa shape index (κ1) is 10.2. The van der Waals surface area contributed by atoms with Crippen molar-refractivity contribution in [1.29, 1.82) is 0 Å². The van der Waals surface area contributed by atoms with Gasteiger partial charge in [0.2, 0.25) is 0 Å². The summed E-state index contributed by atoms with van der Waals surface area (Å²) in [6.07, 6.45) is 7.06. The van der Waals surface area contributed by atoms with Gasteiger partial charge < -0.3 is 7.97 Å². The van der Waals surface area contributed by atoms with Crippen LogP contribution in [0.5, 0.6) is 0 Å². The normalized spacial score (nSPS) is 27.5. The van der Waals surface area contributed by atoms with Crippen molar-refractivity contribution < 1.29 is 3.07 Å². The van der Waals surface area contributed by atoms with E-state index in [9.17, 15) is 0 Å². The van der Waals surface area contributed by atoms with Crippen molar-refractivity contribution in [2.45, 2.75) is 38.1 Å². The van der Waals surface area contributed by atoms with Gasteiger partial charge in [-0.3, -0.25) is 0 Å². The molecule has 1 aliphatic heterocycles. The van der Waals surface area contributed by atoms with Gasteiger partial charge in [0.05, 0.1) is 6.61 Å². The Balaban J connectivity index is 1.69. The molecule has 2 rings (SSSR count). The van der Waals surface area contributed by atoms with Gasteiger partial charge in [0, 0.05) is 6.04 Å². The molecule has 0 radical (unpaired) electrons. The van der Waals surface area contributed by atoms with E-state index in [2.05, 4.69) is 4.90 Å². The molecule has 1 saturated heterocycles. The van der Waals surface area contributed by atoms with Crippen molar-refractivity contribution >= 4 is 23.0 Å². The van der Waals surface area contributed by atoms with Gasteiger partial charge in [-0.15, -0.1) is 0 Å². The van der Waals surface area contributed by atoms with E-state index in [0.717, 1.165) is 18.6 Å². The van der Waals surface area contributed by atoms with Crippen LogP contribution in [0.1, 0.15) is 32.1 Å². The van der Waals surface area contributed by atoms with Gasteiger partial charge in [0.1, 0.15) is 23.0 Å². The van der Waals surface area contributed by atoms with E-state index < -0.39 is 0 Å². The van der Waals surface area contributed by atoms with Crippen LogP contribution in [0.2, 0.25) is 0 Å². The van der Waals surface area contributed by atoms with Crippen LogP contribution in [-0.4, -0.2) is 30.6 Å². The Morgan fingerprint density at radius 2 is 1.85 bits per heavy atom. The topological polar surface area (TPSA) is 12.5 Å². The second kappa shape index (κ2) is 4.94. The van der Waals surface area contributed by atoms with Gasteiger partial charge in [-0.25, -0.2) is 0 Å². The lowest BCUT2D eigenvalue weighted by atomic mass is 9.88. The SMILES string of the molecule is IOCC1CCN(C2CCC2)CC1. The van der Waals surface area contributed by atoms with Crippen LogP contribution in [0.25, 0.3) is 0 Å². The largest absolute Gasteiger partial charge is 0.316 e. The minimum Gasteiger partial charge on any atom is -0.316 e. The van der Waals surface area contributed by atoms with Gasteiger partial charge >= 0.3 is 0 Å². The molecule has 1 heterocycles. The molecule has 2 fully saturated rings. The summed E-state index contributed by atoms with van der Waals surface area (Å²) < 4.78 is 5.17. The first-order valence-electron chi connectivity index (χ1n) is 5.37. The third kappa shape index (κ3) is 2.57. The lowest BCUT2D eigenvalue weighted by molar-refractivity contribution is 0.0760. The summed E-state index contributed by atoms with van der Waals surface area (Å²) in [7, 11) is 0. The summed E-state index contributed by atoms with van der Waals surface area (Å²) >= 11 is 2.01. The van der Waals surface area contributed by atoms with E-state index in [1.807, 2.05) is 23.0 Å². The minimum absolute atomic E-state index is 0.827. The van der Waals surface area contributed by atoms with Gasteiger partial charge in [0.25, 0.3) is 0 Å². The second-order valence-corrected chi connectivity index (χ2v) is 4.96. The monoisotopic (exact) mass is 295 g/mol. The van der Waals surface area contributed by atoms with Crippen molar-refractivity contribution in [3.63, 3.8) is 0 Å². The molecule has 0 amide bonds. The Labute approximate surface area is 94.7 Å². The predicted octanol–water partition coefficient (Wildman–Crippen LogP) is 2.62. The molecule has 1 saturated carbocycles. The summed E-state index contributed by atoms with van der Waals surface area (Å²) in [6.45, 7) is 3.59. The van der Waals surface area contributed by atoms with Crippen LogP contribution in [0, 0.1) is 5.92 Å². The van der Waals surface area contributed by atoms with E-state index in [-0.39, 0.29) is 0 Å². The van der Waals surface area contributed by atoms with Crippen molar-refractivity contribution in [3.8, 4) is 0 Å². The number of likely N-dealkylation sites (tertiary alicyclic amines) is 1. The van der Waals surface area contributed by atoms with Gasteiger partial charge in [-0.2, -0.15) is 0 Å². The molecule has 0 bridgehead atoms. The molecule has 1 aliphatic carbocycles. The average Bonchev–Trinajstić information content (AvgIpc) is 2.06. The molecule has 0 unspecified atom stereocenters. The van der Waals surface area contributed by atoms with Crippen LogP contribution in [-0.2, 0) is 3.07 Å². The molecular formula is C10H18INO. The molecule has 0 aromatic heterocycles. The fraction of sp³-hybridized carbons (Fsp3) is 1.00. The molecule has 76 valence electrons. The van der Waals surface area contributed by atoms with Crippen molar-refractivity contribution in [2.24, 2.45) is 5.92 Å². The fourth-order valence-electron chi connectivity index (χ4n) is 2.33. The van der Waals surface area contributed by atoms with E-state index in [4.69, 9.17) is 3.07 Å². The third-order valence-corrected chi connectivity index (χ3v) is 3.90. The number of halogens is 1. The lowest BCUT2D eigenvalue weighted by Crippen LogP contribution is -2.45. The second-order valence-electron chi connectivity index (χ2n) is 4.34. The summed E-state index contributed by atoms with van der Waals surface area (Å²) in [6, 6.07) is 0.946. The Bertz CT molecular complexity index is 153. The summed E-state index contributed by atoms with van der Waals surface area (Å²) in [5.41, 5.74) is 0. The Hall–Kier alpha value is 0.650. The Morgan fingerprint density at radius 1 is 1.15 bits per heavy atom. The highest BCUT2D eigenvalue weighted by atomic mass is 127. The Kier molecular flexibility index (Phi) is 3.86. The molecule has 13 heavy (non-hydrogen) atoms. The van der Waals surface area contributed by atoms with Crippen molar-refractivity contribution in [3.05, 3.63) is 0 Å². The van der Waals surface area contributed by atoms with Crippen LogP contribution in [0.4, 0.5) is 0 Å². The highest BCUT2D eigenvalue weighted by molar-refractivity contribution is 14.1. The first-order valence-corrected chi connectivity index (χ1v) is 6.26. The zero-order valence-corrected chi connectivity index (χ0v) is 10.2. The maximum atomic E-state index is 5.17. The quantitative estimate of drug-likeness (QED) is 0.742. The molecule has 2 aliphatic rings. The van der Waals surface area contributed by atoms with Crippen LogP contribution in [0.15, 0.2) is 0 Å². The van der Waals surface area contributed by atoms with E-state index >= 15 is 0 Å². The minimum atomic E-state index is 0.827. The maximum Gasteiger partial charge on any atom is 0.109 e. The smallest absolute Gasteiger partial charge is 0.109 e. The van der Waals surface area contributed by atoms with Gasteiger partial charge in [0.15, 0.2) is 0 Å². The third-order valence-electron chi connectivity index (χ3n) is 3.54. The van der Waals surface area contributed by atoms with Gasteiger partial charge in [-0.05, 0) is 44.7 Å². The van der Waals surface area contributed by atoms with E-state index in [1.165, 1.54) is 45.2 Å². The number of rotatable bonds is 3. The molecule has 3 heteroatoms. The van der Waals surface area contributed by atoms with Crippen LogP contribution in [0.3, 0.4) is 0 Å². The fourth-order valence-corrected chi connectivity index (χ4v) is 2.83. The molecule has 0 aromatic rings. The predicted molar refractivity (Wildman–Crippen MR) is 61.9 cm³/mol. The molecule has 0 spiro atoms. The molecule has 0 atom stereocenters. The van der Waals surface area contributed by atoms with Crippen LogP contribution >= 0.6 is 23.0 Å². The molecule has 0 N–H and O–H groups in total. The highest BCUT2D eigenvalue weighted by Crippen LogP contribution is 2.29. The zero-order valence-electron chi connectivity index (χ0n) is 8.04. The molecule has 2 nitrogen and oxygen atoms in total. The van der Waals surface area contributed by atoms with E-state index in [1.54, 1.807) is 0 Å².